The largest absolute Gasteiger partial charge is 0.438 e. The van der Waals surface area contributed by atoms with Crippen LogP contribution in [0.3, 0.4) is 0 Å². The van der Waals surface area contributed by atoms with Crippen LogP contribution in [0.2, 0.25) is 0 Å². The standard InChI is InChI=1S/C15H15BrN4O3/c16-14-9-13(23-15(14)19-7-1-2-8-19)10-17-18-11-3-5-12(6-4-11)20(21)22/h3-6,9-10,18H,1-2,7-8H2/b17-10-. The highest BCUT2D eigenvalue weighted by molar-refractivity contribution is 9.10. The lowest BCUT2D eigenvalue weighted by Gasteiger charge is -2.13. The average molecular weight is 379 g/mol. The number of hydrogen-bond acceptors (Lipinski definition) is 6. The van der Waals surface area contributed by atoms with Gasteiger partial charge in [-0.05, 0) is 40.9 Å². The van der Waals surface area contributed by atoms with Gasteiger partial charge >= 0.3 is 0 Å². The molecule has 0 spiro atoms. The monoisotopic (exact) mass is 378 g/mol. The minimum Gasteiger partial charge on any atom is -0.438 e. The normalized spacial score (nSPS) is 14.6. The van der Waals surface area contributed by atoms with E-state index >= 15 is 0 Å². The number of nitro benzene ring substituents is 1. The van der Waals surface area contributed by atoms with E-state index in [-0.39, 0.29) is 5.69 Å². The van der Waals surface area contributed by atoms with E-state index in [0.29, 0.717) is 11.4 Å². The predicted molar refractivity (Wildman–Crippen MR) is 92.2 cm³/mol. The Hall–Kier alpha value is -2.35. The highest BCUT2D eigenvalue weighted by Crippen LogP contribution is 2.31. The third kappa shape index (κ3) is 3.70. The van der Waals surface area contributed by atoms with Gasteiger partial charge in [-0.15, -0.1) is 0 Å². The number of halogens is 1. The lowest BCUT2D eigenvalue weighted by molar-refractivity contribution is -0.384. The van der Waals surface area contributed by atoms with Crippen molar-refractivity contribution in [2.45, 2.75) is 12.8 Å². The molecule has 0 radical (unpaired) electrons. The molecule has 0 atom stereocenters. The number of hydrazone groups is 1. The average Bonchev–Trinajstić information content (AvgIpc) is 3.17. The van der Waals surface area contributed by atoms with Crippen molar-refractivity contribution in [2.75, 3.05) is 23.4 Å². The Morgan fingerprint density at radius 1 is 1.30 bits per heavy atom. The first-order chi connectivity index (χ1) is 11.1. The molecule has 1 aromatic heterocycles. The zero-order chi connectivity index (χ0) is 16.2. The number of nitrogens with one attached hydrogen (secondary N) is 1. The fourth-order valence-electron chi connectivity index (χ4n) is 2.40. The van der Waals surface area contributed by atoms with Gasteiger partial charge in [0.2, 0.25) is 5.88 Å². The molecule has 7 nitrogen and oxygen atoms in total. The van der Waals surface area contributed by atoms with E-state index in [4.69, 9.17) is 4.42 Å². The Kier molecular flexibility index (Phi) is 4.61. The molecule has 8 heteroatoms. The molecule has 2 aromatic rings. The highest BCUT2D eigenvalue weighted by atomic mass is 79.9. The number of anilines is 2. The van der Waals surface area contributed by atoms with Crippen LogP contribution >= 0.6 is 15.9 Å². The Morgan fingerprint density at radius 2 is 2.00 bits per heavy atom. The maximum Gasteiger partial charge on any atom is 0.269 e. The Labute approximate surface area is 141 Å². The summed E-state index contributed by atoms with van der Waals surface area (Å²) in [7, 11) is 0. The Morgan fingerprint density at radius 3 is 2.65 bits per heavy atom. The lowest BCUT2D eigenvalue weighted by atomic mass is 10.3. The van der Waals surface area contributed by atoms with Gasteiger partial charge < -0.3 is 9.32 Å². The zero-order valence-corrected chi connectivity index (χ0v) is 13.8. The van der Waals surface area contributed by atoms with E-state index in [2.05, 4.69) is 31.4 Å². The first-order valence-corrected chi connectivity index (χ1v) is 8.00. The second kappa shape index (κ2) is 6.82. The number of rotatable bonds is 5. The molecule has 1 saturated heterocycles. The fourth-order valence-corrected chi connectivity index (χ4v) is 2.96. The van der Waals surface area contributed by atoms with E-state index in [1.165, 1.54) is 25.0 Å². The van der Waals surface area contributed by atoms with E-state index in [9.17, 15) is 10.1 Å². The van der Waals surface area contributed by atoms with Gasteiger partial charge in [0.25, 0.3) is 5.69 Å². The molecular weight excluding hydrogens is 364 g/mol. The summed E-state index contributed by atoms with van der Waals surface area (Å²) in [4.78, 5) is 12.4. The van der Waals surface area contributed by atoms with Crippen LogP contribution in [0, 0.1) is 10.1 Å². The summed E-state index contributed by atoms with van der Waals surface area (Å²) in [5.41, 5.74) is 3.53. The van der Waals surface area contributed by atoms with Crippen LogP contribution in [-0.4, -0.2) is 24.2 Å². The molecule has 1 aliphatic rings. The van der Waals surface area contributed by atoms with Gasteiger partial charge in [0, 0.05) is 31.3 Å². The maximum absolute atomic E-state index is 10.6. The van der Waals surface area contributed by atoms with E-state index < -0.39 is 4.92 Å². The summed E-state index contributed by atoms with van der Waals surface area (Å²) in [6.45, 7) is 2.01. The van der Waals surface area contributed by atoms with Crippen molar-refractivity contribution >= 4 is 39.4 Å². The number of nitro groups is 1. The molecule has 120 valence electrons. The molecule has 3 rings (SSSR count). The molecule has 1 N–H and O–H groups in total. The molecule has 1 aromatic carbocycles. The van der Waals surface area contributed by atoms with Gasteiger partial charge in [0.15, 0.2) is 5.76 Å². The van der Waals surface area contributed by atoms with Crippen molar-refractivity contribution in [3.05, 3.63) is 50.7 Å². The summed E-state index contributed by atoms with van der Waals surface area (Å²) in [6, 6.07) is 7.92. The molecule has 1 aliphatic heterocycles. The number of nitrogens with zero attached hydrogens (tertiary/aromatic N) is 3. The molecule has 0 saturated carbocycles. The van der Waals surface area contributed by atoms with Crippen molar-refractivity contribution in [1.29, 1.82) is 0 Å². The lowest BCUT2D eigenvalue weighted by Crippen LogP contribution is -2.17. The predicted octanol–water partition coefficient (Wildman–Crippen LogP) is 4.00. The molecule has 2 heterocycles. The smallest absolute Gasteiger partial charge is 0.269 e. The van der Waals surface area contributed by atoms with Gasteiger partial charge in [-0.25, -0.2) is 0 Å². The van der Waals surface area contributed by atoms with Crippen molar-refractivity contribution in [3.8, 4) is 0 Å². The van der Waals surface area contributed by atoms with Gasteiger partial charge in [0.1, 0.15) is 0 Å². The molecular formula is C15H15BrN4O3. The summed E-state index contributed by atoms with van der Waals surface area (Å²) in [5.74, 6) is 1.47. The minimum absolute atomic E-state index is 0.0461. The van der Waals surface area contributed by atoms with Crippen molar-refractivity contribution < 1.29 is 9.34 Å². The Balaban J connectivity index is 1.63. The van der Waals surface area contributed by atoms with Gasteiger partial charge in [0.05, 0.1) is 21.3 Å². The van der Waals surface area contributed by atoms with Crippen LogP contribution in [0.15, 0.2) is 44.3 Å². The quantitative estimate of drug-likeness (QED) is 0.482. The first-order valence-electron chi connectivity index (χ1n) is 7.21. The number of hydrogen-bond donors (Lipinski definition) is 1. The van der Waals surface area contributed by atoms with Crippen molar-refractivity contribution in [3.63, 3.8) is 0 Å². The second-order valence-corrected chi connectivity index (χ2v) is 6.02. The van der Waals surface area contributed by atoms with Crippen LogP contribution in [0.25, 0.3) is 0 Å². The van der Waals surface area contributed by atoms with Crippen LogP contribution in [-0.2, 0) is 0 Å². The number of furan rings is 1. The summed E-state index contributed by atoms with van der Waals surface area (Å²) >= 11 is 3.50. The van der Waals surface area contributed by atoms with Crippen molar-refractivity contribution in [1.82, 2.24) is 0 Å². The molecule has 0 bridgehead atoms. The minimum atomic E-state index is -0.437. The fraction of sp³-hybridized carbons (Fsp3) is 0.267. The number of benzene rings is 1. The molecule has 0 unspecified atom stereocenters. The van der Waals surface area contributed by atoms with Gasteiger partial charge in [-0.3, -0.25) is 15.5 Å². The first kappa shape index (κ1) is 15.5. The van der Waals surface area contributed by atoms with Crippen molar-refractivity contribution in [2.24, 2.45) is 5.10 Å². The van der Waals surface area contributed by atoms with Gasteiger partial charge in [-0.1, -0.05) is 0 Å². The molecule has 23 heavy (non-hydrogen) atoms. The molecule has 0 aliphatic carbocycles. The molecule has 1 fully saturated rings. The molecule has 0 amide bonds. The third-order valence-corrected chi connectivity index (χ3v) is 4.11. The van der Waals surface area contributed by atoms with Crippen LogP contribution in [0.4, 0.5) is 17.3 Å². The second-order valence-electron chi connectivity index (χ2n) is 5.17. The SMILES string of the molecule is O=[N+]([O-])c1ccc(N/N=C\c2cc(Br)c(N3CCCC3)o2)cc1. The van der Waals surface area contributed by atoms with E-state index in [1.807, 2.05) is 6.07 Å². The van der Waals surface area contributed by atoms with Crippen LogP contribution in [0.5, 0.6) is 0 Å². The summed E-state index contributed by atoms with van der Waals surface area (Å²) < 4.78 is 6.70. The number of non-ortho nitro benzene ring substituents is 1. The highest BCUT2D eigenvalue weighted by Gasteiger charge is 2.19. The Bertz CT molecular complexity index is 721. The van der Waals surface area contributed by atoms with Crippen LogP contribution in [0.1, 0.15) is 18.6 Å². The summed E-state index contributed by atoms with van der Waals surface area (Å²) in [6.07, 6.45) is 3.93. The maximum atomic E-state index is 10.6. The van der Waals surface area contributed by atoms with Crippen LogP contribution < -0.4 is 10.3 Å². The summed E-state index contributed by atoms with van der Waals surface area (Å²) in [5, 5.41) is 14.7. The van der Waals surface area contributed by atoms with Gasteiger partial charge in [-0.2, -0.15) is 5.10 Å². The third-order valence-electron chi connectivity index (χ3n) is 3.54. The van der Waals surface area contributed by atoms with E-state index in [1.54, 1.807) is 18.3 Å². The topological polar surface area (TPSA) is 83.9 Å². The van der Waals surface area contributed by atoms with E-state index in [0.717, 1.165) is 23.4 Å². The zero-order valence-electron chi connectivity index (χ0n) is 12.2.